The van der Waals surface area contributed by atoms with Crippen molar-refractivity contribution in [2.45, 2.75) is 53.6 Å². The summed E-state index contributed by atoms with van der Waals surface area (Å²) in [6.07, 6.45) is 3.14. The van der Waals surface area contributed by atoms with Crippen LogP contribution in [0.3, 0.4) is 0 Å². The molecule has 2 rings (SSSR count). The Morgan fingerprint density at radius 1 is 1.21 bits per heavy atom. The lowest BCUT2D eigenvalue weighted by Crippen LogP contribution is -2.31. The summed E-state index contributed by atoms with van der Waals surface area (Å²) in [6.45, 7) is 4.77. The van der Waals surface area contributed by atoms with E-state index in [1.165, 1.54) is 24.6 Å². The summed E-state index contributed by atoms with van der Waals surface area (Å²) < 4.78 is 1.86. The fraction of sp³-hybridized carbons (Fsp3) is 0.471. The Morgan fingerprint density at radius 3 is 2.67 bits per heavy atom. The lowest BCUT2D eigenvalue weighted by molar-refractivity contribution is -0.120. The van der Waals surface area contributed by atoms with Crippen molar-refractivity contribution < 1.29 is 4.79 Å². The second-order valence-electron chi connectivity index (χ2n) is 5.25. The number of hydrogen-bond donors (Lipinski definition) is 1. The van der Waals surface area contributed by atoms with E-state index in [4.69, 9.17) is 0 Å². The third-order valence-electron chi connectivity index (χ3n) is 3.33. The molecule has 0 aliphatic carbocycles. The van der Waals surface area contributed by atoms with Crippen molar-refractivity contribution in [2.75, 3.05) is 5.75 Å². The number of unbranched alkanes of at least 4 members (excludes halogenated alkanes) is 1. The smallest absolute Gasteiger partial charge is 0.233 e. The highest BCUT2D eigenvalue weighted by Gasteiger charge is 2.20. The van der Waals surface area contributed by atoms with Crippen LogP contribution in [0.2, 0.25) is 0 Å². The van der Waals surface area contributed by atoms with E-state index in [0.29, 0.717) is 6.54 Å². The van der Waals surface area contributed by atoms with Gasteiger partial charge in [-0.2, -0.15) is 0 Å². The molecule has 0 saturated heterocycles. The van der Waals surface area contributed by atoms with Gasteiger partial charge in [0.25, 0.3) is 0 Å². The van der Waals surface area contributed by atoms with Crippen LogP contribution in [-0.4, -0.2) is 27.1 Å². The van der Waals surface area contributed by atoms with Crippen LogP contribution < -0.4 is 5.32 Å². The van der Waals surface area contributed by atoms with E-state index >= 15 is 0 Å². The maximum Gasteiger partial charge on any atom is 0.233 e. The molecule has 0 bridgehead atoms. The number of carbonyl (C=O) groups is 1. The minimum absolute atomic E-state index is 0.0572. The zero-order chi connectivity index (χ0) is 17.2. The molecule has 0 radical (unpaired) electrons. The Bertz CT molecular complexity index is 619. The highest BCUT2D eigenvalue weighted by Crippen LogP contribution is 2.32. The predicted octanol–water partition coefficient (Wildman–Crippen LogP) is 4.62. The van der Waals surface area contributed by atoms with Gasteiger partial charge in [0, 0.05) is 12.3 Å². The molecule has 0 saturated carbocycles. The Kier molecular flexibility index (Phi) is 8.63. The van der Waals surface area contributed by atoms with Gasteiger partial charge in [0.1, 0.15) is 0 Å². The maximum absolute atomic E-state index is 12.4. The molecule has 130 valence electrons. The fourth-order valence-corrected chi connectivity index (χ4v) is 5.32. The second-order valence-corrected chi connectivity index (χ2v) is 9.02. The molecule has 7 heteroatoms. The first-order valence-electron chi connectivity index (χ1n) is 8.17. The second kappa shape index (κ2) is 10.7. The summed E-state index contributed by atoms with van der Waals surface area (Å²) in [5.41, 5.74) is 1.11. The van der Waals surface area contributed by atoms with Crippen molar-refractivity contribution in [3.63, 3.8) is 0 Å². The van der Waals surface area contributed by atoms with Gasteiger partial charge in [0.15, 0.2) is 8.68 Å². The lowest BCUT2D eigenvalue weighted by Gasteiger charge is -2.13. The molecule has 0 aliphatic rings. The highest BCUT2D eigenvalue weighted by molar-refractivity contribution is 8.03. The summed E-state index contributed by atoms with van der Waals surface area (Å²) >= 11 is 4.84. The van der Waals surface area contributed by atoms with Crippen LogP contribution in [-0.2, 0) is 11.3 Å². The molecule has 0 aliphatic heterocycles. The van der Waals surface area contributed by atoms with Crippen LogP contribution in [0.4, 0.5) is 0 Å². The van der Waals surface area contributed by atoms with E-state index in [1.54, 1.807) is 23.1 Å². The van der Waals surface area contributed by atoms with Gasteiger partial charge in [-0.05, 0) is 18.4 Å². The average molecular weight is 382 g/mol. The molecule has 0 spiro atoms. The molecule has 1 unspecified atom stereocenters. The largest absolute Gasteiger partial charge is 0.351 e. The Labute approximate surface area is 156 Å². The number of hydrogen-bond acceptors (Lipinski definition) is 6. The quantitative estimate of drug-likeness (QED) is 0.481. The van der Waals surface area contributed by atoms with Crippen molar-refractivity contribution in [3.8, 4) is 0 Å². The summed E-state index contributed by atoms with van der Waals surface area (Å²) in [4.78, 5) is 12.4. The van der Waals surface area contributed by atoms with E-state index in [9.17, 15) is 4.79 Å². The van der Waals surface area contributed by atoms with Crippen LogP contribution in [0.15, 0.2) is 39.0 Å². The summed E-state index contributed by atoms with van der Waals surface area (Å²) in [7, 11) is 0. The molecule has 1 heterocycles. The molecule has 1 aromatic carbocycles. The van der Waals surface area contributed by atoms with Crippen molar-refractivity contribution in [3.05, 3.63) is 35.9 Å². The molecule has 24 heavy (non-hydrogen) atoms. The number of nitrogens with zero attached hydrogens (tertiary/aromatic N) is 2. The van der Waals surface area contributed by atoms with Gasteiger partial charge in [0.2, 0.25) is 5.91 Å². The minimum Gasteiger partial charge on any atom is -0.351 e. The molecule has 1 amide bonds. The molecule has 1 atom stereocenters. The van der Waals surface area contributed by atoms with Gasteiger partial charge in [-0.1, -0.05) is 85.5 Å². The van der Waals surface area contributed by atoms with E-state index in [1.807, 2.05) is 37.3 Å². The van der Waals surface area contributed by atoms with E-state index in [-0.39, 0.29) is 11.2 Å². The predicted molar refractivity (Wildman–Crippen MR) is 104 cm³/mol. The van der Waals surface area contributed by atoms with Crippen LogP contribution in [0.5, 0.6) is 0 Å². The number of nitrogens with one attached hydrogen (secondary N) is 1. The third kappa shape index (κ3) is 6.45. The zero-order valence-electron chi connectivity index (χ0n) is 14.0. The highest BCUT2D eigenvalue weighted by atomic mass is 32.2. The maximum atomic E-state index is 12.4. The summed E-state index contributed by atoms with van der Waals surface area (Å²) in [6, 6.07) is 9.96. The van der Waals surface area contributed by atoms with Crippen LogP contribution in [0, 0.1) is 0 Å². The average Bonchev–Trinajstić information content (AvgIpc) is 3.06. The molecule has 1 N–H and O–H groups in total. The van der Waals surface area contributed by atoms with Gasteiger partial charge >= 0.3 is 0 Å². The van der Waals surface area contributed by atoms with E-state index in [0.717, 1.165) is 26.4 Å². The monoisotopic (exact) mass is 381 g/mol. The lowest BCUT2D eigenvalue weighted by atomic mass is 10.2. The Morgan fingerprint density at radius 2 is 1.96 bits per heavy atom. The fourth-order valence-electron chi connectivity index (χ4n) is 1.95. The zero-order valence-corrected chi connectivity index (χ0v) is 16.5. The first-order valence-corrected chi connectivity index (χ1v) is 10.9. The number of amides is 1. The summed E-state index contributed by atoms with van der Waals surface area (Å²) in [5, 5.41) is 11.3. The normalized spacial score (nSPS) is 12.1. The molecule has 1 aromatic heterocycles. The van der Waals surface area contributed by atoms with Gasteiger partial charge in [0.05, 0.1) is 5.25 Å². The van der Waals surface area contributed by atoms with E-state index in [2.05, 4.69) is 22.4 Å². The van der Waals surface area contributed by atoms with Crippen molar-refractivity contribution in [1.82, 2.24) is 15.5 Å². The first kappa shape index (κ1) is 19.3. The van der Waals surface area contributed by atoms with Crippen LogP contribution in [0.25, 0.3) is 0 Å². The SMILES string of the molecule is CCCCSc1nnc(SC(CC)C(=O)NCc2ccccc2)s1. The number of aromatic nitrogens is 2. The van der Waals surface area contributed by atoms with Crippen LogP contribution >= 0.6 is 34.9 Å². The number of carbonyl (C=O) groups excluding carboxylic acids is 1. The number of benzene rings is 1. The number of rotatable bonds is 10. The van der Waals surface area contributed by atoms with E-state index < -0.39 is 0 Å². The van der Waals surface area contributed by atoms with Gasteiger partial charge in [-0.25, -0.2) is 0 Å². The molecule has 4 nitrogen and oxygen atoms in total. The first-order chi connectivity index (χ1) is 11.7. The van der Waals surface area contributed by atoms with Gasteiger partial charge < -0.3 is 5.32 Å². The van der Waals surface area contributed by atoms with Crippen molar-refractivity contribution in [2.24, 2.45) is 0 Å². The molecular formula is C17H23N3OS3. The molecule has 2 aromatic rings. The van der Waals surface area contributed by atoms with Crippen molar-refractivity contribution in [1.29, 1.82) is 0 Å². The van der Waals surface area contributed by atoms with Crippen molar-refractivity contribution >= 4 is 40.8 Å². The van der Waals surface area contributed by atoms with Gasteiger partial charge in [-0.15, -0.1) is 10.2 Å². The topological polar surface area (TPSA) is 54.9 Å². The van der Waals surface area contributed by atoms with Crippen LogP contribution in [0.1, 0.15) is 38.7 Å². The molecule has 0 fully saturated rings. The Hall–Kier alpha value is -1.05. The summed E-state index contributed by atoms with van der Waals surface area (Å²) in [5.74, 6) is 1.13. The number of thioether (sulfide) groups is 2. The Balaban J connectivity index is 1.83. The molecular weight excluding hydrogens is 358 g/mol. The standard InChI is InChI=1S/C17H23N3OS3/c1-3-5-11-22-16-19-20-17(24-16)23-14(4-2)15(21)18-12-13-9-7-6-8-10-13/h6-10,14H,3-5,11-12H2,1-2H3,(H,18,21). The van der Waals surface area contributed by atoms with Gasteiger partial charge in [-0.3, -0.25) is 4.79 Å². The third-order valence-corrected chi connectivity index (χ3v) is 6.92. The minimum atomic E-state index is -0.129.